The summed E-state index contributed by atoms with van der Waals surface area (Å²) in [7, 11) is 0. The molecule has 1 unspecified atom stereocenters. The van der Waals surface area contributed by atoms with E-state index in [1.807, 2.05) is 0 Å². The number of rotatable bonds is 3. The maximum absolute atomic E-state index is 5.69. The zero-order valence-corrected chi connectivity index (χ0v) is 10.1. The van der Waals surface area contributed by atoms with E-state index >= 15 is 0 Å². The normalized spacial score (nSPS) is 19.6. The van der Waals surface area contributed by atoms with Gasteiger partial charge in [-0.15, -0.1) is 0 Å². The summed E-state index contributed by atoms with van der Waals surface area (Å²) in [4.78, 5) is 0. The summed E-state index contributed by atoms with van der Waals surface area (Å²) in [5, 5.41) is 3.42. The largest absolute Gasteiger partial charge is 0.326 e. The molecule has 0 bridgehead atoms. The first-order valence-corrected chi connectivity index (χ1v) is 6.31. The maximum Gasteiger partial charge on any atom is 0.0178 e. The monoisotopic (exact) mass is 218 g/mol. The number of nitrogens with one attached hydrogen (secondary N) is 1. The topological polar surface area (TPSA) is 38.0 Å². The van der Waals surface area contributed by atoms with E-state index in [1.165, 1.54) is 37.1 Å². The molecule has 0 saturated carbocycles. The summed E-state index contributed by atoms with van der Waals surface area (Å²) >= 11 is 0. The lowest BCUT2D eigenvalue weighted by molar-refractivity contribution is 0.330. The van der Waals surface area contributed by atoms with Gasteiger partial charge in [0.05, 0.1) is 0 Å². The fraction of sp³-hybridized carbons (Fsp3) is 0.571. The zero-order valence-electron chi connectivity index (χ0n) is 10.1. The van der Waals surface area contributed by atoms with Crippen molar-refractivity contribution < 1.29 is 0 Å². The molecule has 1 aromatic carbocycles. The summed E-state index contributed by atoms with van der Waals surface area (Å²) in [6.45, 7) is 5.34. The smallest absolute Gasteiger partial charge is 0.0178 e. The van der Waals surface area contributed by atoms with Crippen molar-refractivity contribution in [1.82, 2.24) is 5.32 Å². The summed E-state index contributed by atoms with van der Waals surface area (Å²) in [5.74, 6) is 1.49. The van der Waals surface area contributed by atoms with Crippen LogP contribution in [0.1, 0.15) is 36.8 Å². The van der Waals surface area contributed by atoms with Gasteiger partial charge in [0.25, 0.3) is 0 Å². The molecular formula is C14H22N2. The van der Waals surface area contributed by atoms with Gasteiger partial charge in [0.15, 0.2) is 0 Å². The van der Waals surface area contributed by atoms with Crippen molar-refractivity contribution in [3.8, 4) is 0 Å². The Kier molecular flexibility index (Phi) is 3.97. The van der Waals surface area contributed by atoms with Crippen LogP contribution in [0, 0.1) is 5.92 Å². The van der Waals surface area contributed by atoms with E-state index in [1.54, 1.807) is 0 Å². The van der Waals surface area contributed by atoms with E-state index in [-0.39, 0.29) is 0 Å². The molecule has 1 heterocycles. The van der Waals surface area contributed by atoms with Crippen LogP contribution in [0.4, 0.5) is 0 Å². The molecule has 88 valence electrons. The lowest BCUT2D eigenvalue weighted by atomic mass is 9.81. The lowest BCUT2D eigenvalue weighted by Crippen LogP contribution is -2.30. The van der Waals surface area contributed by atoms with Gasteiger partial charge in [0, 0.05) is 6.54 Å². The van der Waals surface area contributed by atoms with E-state index in [0.29, 0.717) is 12.5 Å². The zero-order chi connectivity index (χ0) is 11.4. The highest BCUT2D eigenvalue weighted by molar-refractivity contribution is 5.26. The molecule has 0 spiro atoms. The van der Waals surface area contributed by atoms with Crippen molar-refractivity contribution in [1.29, 1.82) is 0 Å². The Bertz CT molecular complexity index is 329. The molecule has 3 N–H and O–H groups in total. The minimum Gasteiger partial charge on any atom is -0.326 e. The number of piperidine rings is 1. The second-order valence-corrected chi connectivity index (χ2v) is 4.83. The van der Waals surface area contributed by atoms with E-state index < -0.39 is 0 Å². The first kappa shape index (κ1) is 11.6. The highest BCUT2D eigenvalue weighted by Gasteiger charge is 2.20. The highest BCUT2D eigenvalue weighted by Crippen LogP contribution is 2.30. The van der Waals surface area contributed by atoms with Gasteiger partial charge in [0.2, 0.25) is 0 Å². The Hall–Kier alpha value is -0.860. The molecule has 0 aliphatic carbocycles. The Labute approximate surface area is 98.2 Å². The van der Waals surface area contributed by atoms with Crippen molar-refractivity contribution in [3.05, 3.63) is 35.4 Å². The van der Waals surface area contributed by atoms with Crippen LogP contribution in [-0.2, 0) is 6.54 Å². The third-order valence-corrected chi connectivity index (χ3v) is 3.80. The van der Waals surface area contributed by atoms with Gasteiger partial charge in [-0.05, 0) is 48.9 Å². The van der Waals surface area contributed by atoms with Gasteiger partial charge in [-0.2, -0.15) is 0 Å². The SMILES string of the molecule is CC(c1cccc(CN)c1)C1CCNCC1. The van der Waals surface area contributed by atoms with Crippen molar-refractivity contribution in [2.75, 3.05) is 13.1 Å². The molecule has 0 aromatic heterocycles. The Balaban J connectivity index is 2.09. The Morgan fingerprint density at radius 2 is 2.12 bits per heavy atom. The number of benzene rings is 1. The molecule has 1 aliphatic rings. The number of nitrogens with two attached hydrogens (primary N) is 1. The Morgan fingerprint density at radius 1 is 1.38 bits per heavy atom. The van der Waals surface area contributed by atoms with Crippen molar-refractivity contribution in [2.24, 2.45) is 11.7 Å². The summed E-state index contributed by atoms with van der Waals surface area (Å²) in [5.41, 5.74) is 8.39. The highest BCUT2D eigenvalue weighted by atomic mass is 14.9. The molecule has 1 atom stereocenters. The van der Waals surface area contributed by atoms with Crippen molar-refractivity contribution in [2.45, 2.75) is 32.2 Å². The van der Waals surface area contributed by atoms with E-state index in [4.69, 9.17) is 5.73 Å². The summed E-state index contributed by atoms with van der Waals surface area (Å²) < 4.78 is 0. The number of hydrogen-bond acceptors (Lipinski definition) is 2. The van der Waals surface area contributed by atoms with Gasteiger partial charge < -0.3 is 11.1 Å². The van der Waals surface area contributed by atoms with Crippen molar-refractivity contribution in [3.63, 3.8) is 0 Å². The molecule has 2 nitrogen and oxygen atoms in total. The maximum atomic E-state index is 5.69. The van der Waals surface area contributed by atoms with Crippen LogP contribution in [0.5, 0.6) is 0 Å². The van der Waals surface area contributed by atoms with E-state index in [2.05, 4.69) is 36.5 Å². The van der Waals surface area contributed by atoms with E-state index in [9.17, 15) is 0 Å². The average molecular weight is 218 g/mol. The third-order valence-electron chi connectivity index (χ3n) is 3.80. The van der Waals surface area contributed by atoms with Crippen LogP contribution < -0.4 is 11.1 Å². The summed E-state index contributed by atoms with van der Waals surface area (Å²) in [6.07, 6.45) is 2.60. The molecule has 1 aromatic rings. The van der Waals surface area contributed by atoms with Gasteiger partial charge in [-0.3, -0.25) is 0 Å². The fourth-order valence-electron chi connectivity index (χ4n) is 2.62. The first-order chi connectivity index (χ1) is 7.81. The molecular weight excluding hydrogens is 196 g/mol. The molecule has 0 radical (unpaired) electrons. The van der Waals surface area contributed by atoms with Gasteiger partial charge >= 0.3 is 0 Å². The molecule has 2 rings (SSSR count). The predicted octanol–water partition coefficient (Wildman–Crippen LogP) is 2.25. The third kappa shape index (κ3) is 2.63. The molecule has 2 heteroatoms. The summed E-state index contributed by atoms with van der Waals surface area (Å²) in [6, 6.07) is 8.76. The molecule has 1 fully saturated rings. The Morgan fingerprint density at radius 3 is 2.81 bits per heavy atom. The minimum atomic E-state index is 0.646. The van der Waals surface area contributed by atoms with Crippen LogP contribution in [0.15, 0.2) is 24.3 Å². The molecule has 0 amide bonds. The standard InChI is InChI=1S/C14H22N2/c1-11(13-5-7-16-8-6-13)14-4-2-3-12(9-14)10-15/h2-4,9,11,13,16H,5-8,10,15H2,1H3. The van der Waals surface area contributed by atoms with Crippen molar-refractivity contribution >= 4 is 0 Å². The fourth-order valence-corrected chi connectivity index (χ4v) is 2.62. The quantitative estimate of drug-likeness (QED) is 0.816. The number of hydrogen-bond donors (Lipinski definition) is 2. The molecule has 1 saturated heterocycles. The first-order valence-electron chi connectivity index (χ1n) is 6.31. The van der Waals surface area contributed by atoms with Crippen LogP contribution in [-0.4, -0.2) is 13.1 Å². The van der Waals surface area contributed by atoms with Crippen LogP contribution in [0.25, 0.3) is 0 Å². The average Bonchev–Trinajstić information content (AvgIpc) is 2.39. The van der Waals surface area contributed by atoms with Gasteiger partial charge in [0.1, 0.15) is 0 Å². The molecule has 16 heavy (non-hydrogen) atoms. The predicted molar refractivity (Wildman–Crippen MR) is 68.3 cm³/mol. The van der Waals surface area contributed by atoms with Crippen LogP contribution in [0.3, 0.4) is 0 Å². The van der Waals surface area contributed by atoms with Crippen LogP contribution in [0.2, 0.25) is 0 Å². The second-order valence-electron chi connectivity index (χ2n) is 4.83. The second kappa shape index (κ2) is 5.46. The van der Waals surface area contributed by atoms with Crippen LogP contribution >= 0.6 is 0 Å². The van der Waals surface area contributed by atoms with E-state index in [0.717, 1.165) is 5.92 Å². The minimum absolute atomic E-state index is 0.646. The van der Waals surface area contributed by atoms with Gasteiger partial charge in [-0.25, -0.2) is 0 Å². The van der Waals surface area contributed by atoms with Gasteiger partial charge in [-0.1, -0.05) is 31.2 Å². The lowest BCUT2D eigenvalue weighted by Gasteiger charge is -2.28. The molecule has 1 aliphatic heterocycles.